The van der Waals surface area contributed by atoms with Crippen LogP contribution in [-0.2, 0) is 13.5 Å². The molecule has 102 valence electrons. The van der Waals surface area contributed by atoms with E-state index < -0.39 is 0 Å². The first-order chi connectivity index (χ1) is 9.34. The Hall–Kier alpha value is -1.32. The molecule has 0 bridgehead atoms. The fourth-order valence-corrected chi connectivity index (χ4v) is 2.62. The molecule has 3 nitrogen and oxygen atoms in total. The highest BCUT2D eigenvalue weighted by Crippen LogP contribution is 2.20. The molecular weight excluding hydrogens is 234 g/mol. The molecule has 3 heteroatoms. The van der Waals surface area contributed by atoms with Crippen molar-refractivity contribution < 1.29 is 0 Å². The van der Waals surface area contributed by atoms with Gasteiger partial charge in [0.05, 0.1) is 0 Å². The minimum absolute atomic E-state index is 0.819. The average molecular weight is 257 g/mol. The van der Waals surface area contributed by atoms with E-state index in [4.69, 9.17) is 0 Å². The summed E-state index contributed by atoms with van der Waals surface area (Å²) < 4.78 is 2.22. The number of rotatable bonds is 7. The Bertz CT molecular complexity index is 540. The van der Waals surface area contributed by atoms with E-state index >= 15 is 0 Å². The van der Waals surface area contributed by atoms with Crippen LogP contribution >= 0.6 is 0 Å². The molecule has 1 aromatic carbocycles. The van der Waals surface area contributed by atoms with Crippen molar-refractivity contribution in [3.63, 3.8) is 0 Å². The molecule has 0 radical (unpaired) electrons. The SMILES string of the molecule is Cn1cc(CCNCCNC2CC2)c2ccccc21. The van der Waals surface area contributed by atoms with E-state index in [-0.39, 0.29) is 0 Å². The Morgan fingerprint density at radius 3 is 2.84 bits per heavy atom. The Morgan fingerprint density at radius 1 is 1.16 bits per heavy atom. The van der Waals surface area contributed by atoms with E-state index in [9.17, 15) is 0 Å². The van der Waals surface area contributed by atoms with E-state index in [2.05, 4.69) is 52.7 Å². The number of benzene rings is 1. The van der Waals surface area contributed by atoms with Crippen LogP contribution < -0.4 is 10.6 Å². The Balaban J connectivity index is 1.47. The third kappa shape index (κ3) is 3.17. The van der Waals surface area contributed by atoms with Crippen LogP contribution in [0.5, 0.6) is 0 Å². The van der Waals surface area contributed by atoms with Crippen molar-refractivity contribution in [1.82, 2.24) is 15.2 Å². The summed E-state index contributed by atoms with van der Waals surface area (Å²) in [6, 6.07) is 9.46. The van der Waals surface area contributed by atoms with Gasteiger partial charge < -0.3 is 15.2 Å². The molecule has 0 aliphatic heterocycles. The molecule has 1 saturated carbocycles. The highest BCUT2D eigenvalue weighted by molar-refractivity contribution is 5.83. The molecule has 1 aliphatic carbocycles. The molecule has 0 spiro atoms. The monoisotopic (exact) mass is 257 g/mol. The van der Waals surface area contributed by atoms with Crippen molar-refractivity contribution >= 4 is 10.9 Å². The summed E-state index contributed by atoms with van der Waals surface area (Å²) in [5.74, 6) is 0. The van der Waals surface area contributed by atoms with Gasteiger partial charge in [0.1, 0.15) is 0 Å². The van der Waals surface area contributed by atoms with Gasteiger partial charge in [-0.15, -0.1) is 0 Å². The van der Waals surface area contributed by atoms with Crippen molar-refractivity contribution in [2.75, 3.05) is 19.6 Å². The van der Waals surface area contributed by atoms with Gasteiger partial charge in [0, 0.05) is 43.3 Å². The Morgan fingerprint density at radius 2 is 2.00 bits per heavy atom. The predicted octanol–water partition coefficient (Wildman–Crippen LogP) is 2.06. The number of nitrogens with one attached hydrogen (secondary N) is 2. The van der Waals surface area contributed by atoms with Crippen molar-refractivity contribution in [2.24, 2.45) is 7.05 Å². The maximum atomic E-state index is 3.52. The lowest BCUT2D eigenvalue weighted by Gasteiger charge is -2.05. The fraction of sp³-hybridized carbons (Fsp3) is 0.500. The van der Waals surface area contributed by atoms with Crippen LogP contribution in [0.3, 0.4) is 0 Å². The summed E-state index contributed by atoms with van der Waals surface area (Å²) >= 11 is 0. The van der Waals surface area contributed by atoms with E-state index in [1.807, 2.05) is 0 Å². The van der Waals surface area contributed by atoms with Crippen molar-refractivity contribution in [3.8, 4) is 0 Å². The average Bonchev–Trinajstić information content (AvgIpc) is 3.20. The molecule has 1 fully saturated rings. The van der Waals surface area contributed by atoms with Gasteiger partial charge >= 0.3 is 0 Å². The van der Waals surface area contributed by atoms with Gasteiger partial charge in [0.2, 0.25) is 0 Å². The summed E-state index contributed by atoms with van der Waals surface area (Å²) in [4.78, 5) is 0. The first kappa shape index (κ1) is 12.7. The summed E-state index contributed by atoms with van der Waals surface area (Å²) in [6.07, 6.45) is 6.10. The van der Waals surface area contributed by atoms with Crippen LogP contribution in [0, 0.1) is 0 Å². The van der Waals surface area contributed by atoms with Crippen molar-refractivity contribution in [3.05, 3.63) is 36.0 Å². The third-order valence-electron chi connectivity index (χ3n) is 3.86. The number of aryl methyl sites for hydroxylation is 1. The summed E-state index contributed by atoms with van der Waals surface area (Å²) in [7, 11) is 2.12. The summed E-state index contributed by atoms with van der Waals surface area (Å²) in [5, 5.41) is 8.43. The highest BCUT2D eigenvalue weighted by Gasteiger charge is 2.19. The van der Waals surface area contributed by atoms with E-state index in [0.29, 0.717) is 0 Å². The second kappa shape index (κ2) is 5.76. The minimum atomic E-state index is 0.819. The van der Waals surface area contributed by atoms with Crippen LogP contribution in [0.2, 0.25) is 0 Å². The molecule has 0 saturated heterocycles. The number of nitrogens with zero attached hydrogens (tertiary/aromatic N) is 1. The van der Waals surface area contributed by atoms with Gasteiger partial charge in [-0.3, -0.25) is 0 Å². The van der Waals surface area contributed by atoms with Gasteiger partial charge in [-0.05, 0) is 37.4 Å². The first-order valence-corrected chi connectivity index (χ1v) is 7.31. The smallest absolute Gasteiger partial charge is 0.0480 e. The topological polar surface area (TPSA) is 29.0 Å². The highest BCUT2D eigenvalue weighted by atomic mass is 15.0. The second-order valence-electron chi connectivity index (χ2n) is 5.51. The third-order valence-corrected chi connectivity index (χ3v) is 3.86. The van der Waals surface area contributed by atoms with Crippen LogP contribution in [0.15, 0.2) is 30.5 Å². The second-order valence-corrected chi connectivity index (χ2v) is 5.51. The molecule has 1 aliphatic rings. The van der Waals surface area contributed by atoms with E-state index in [1.54, 1.807) is 0 Å². The molecule has 1 heterocycles. The molecule has 0 unspecified atom stereocenters. The number of hydrogen-bond donors (Lipinski definition) is 2. The van der Waals surface area contributed by atoms with Crippen molar-refractivity contribution in [1.29, 1.82) is 0 Å². The number of fused-ring (bicyclic) bond motifs is 1. The largest absolute Gasteiger partial charge is 0.350 e. The summed E-state index contributed by atoms with van der Waals surface area (Å²) in [6.45, 7) is 3.22. The lowest BCUT2D eigenvalue weighted by atomic mass is 10.1. The molecule has 0 amide bonds. The van der Waals surface area contributed by atoms with Gasteiger partial charge in [0.15, 0.2) is 0 Å². The molecule has 1 aromatic heterocycles. The quantitative estimate of drug-likeness (QED) is 0.743. The zero-order chi connectivity index (χ0) is 13.1. The number of aromatic nitrogens is 1. The standard InChI is InChI=1S/C16H23N3/c1-19-12-13(15-4-2-3-5-16(15)19)8-9-17-10-11-18-14-6-7-14/h2-5,12,14,17-18H,6-11H2,1H3. The van der Waals surface area contributed by atoms with E-state index in [0.717, 1.165) is 32.1 Å². The van der Waals surface area contributed by atoms with Gasteiger partial charge in [-0.25, -0.2) is 0 Å². The van der Waals surface area contributed by atoms with Crippen LogP contribution in [-0.4, -0.2) is 30.2 Å². The predicted molar refractivity (Wildman–Crippen MR) is 80.5 cm³/mol. The Kier molecular flexibility index (Phi) is 3.85. The van der Waals surface area contributed by atoms with Crippen LogP contribution in [0.4, 0.5) is 0 Å². The maximum absolute atomic E-state index is 3.52. The normalized spacial score (nSPS) is 15.2. The molecule has 2 N–H and O–H groups in total. The lowest BCUT2D eigenvalue weighted by molar-refractivity contribution is 0.609. The lowest BCUT2D eigenvalue weighted by Crippen LogP contribution is -2.29. The first-order valence-electron chi connectivity index (χ1n) is 7.31. The molecule has 3 rings (SSSR count). The zero-order valence-corrected chi connectivity index (χ0v) is 11.7. The van der Waals surface area contributed by atoms with Gasteiger partial charge in [-0.2, -0.15) is 0 Å². The molecule has 2 aromatic rings. The number of hydrogen-bond acceptors (Lipinski definition) is 2. The molecule has 0 atom stereocenters. The molecule has 19 heavy (non-hydrogen) atoms. The number of para-hydroxylation sites is 1. The van der Waals surface area contributed by atoms with Crippen molar-refractivity contribution in [2.45, 2.75) is 25.3 Å². The Labute approximate surface area is 115 Å². The zero-order valence-electron chi connectivity index (χ0n) is 11.7. The fourth-order valence-electron chi connectivity index (χ4n) is 2.62. The van der Waals surface area contributed by atoms with Crippen LogP contribution in [0.25, 0.3) is 10.9 Å². The molecular formula is C16H23N3. The minimum Gasteiger partial charge on any atom is -0.350 e. The maximum Gasteiger partial charge on any atom is 0.0480 e. The van der Waals surface area contributed by atoms with Gasteiger partial charge in [-0.1, -0.05) is 18.2 Å². The summed E-state index contributed by atoms with van der Waals surface area (Å²) in [5.41, 5.74) is 2.77. The van der Waals surface area contributed by atoms with Crippen LogP contribution in [0.1, 0.15) is 18.4 Å². The van der Waals surface area contributed by atoms with Gasteiger partial charge in [0.25, 0.3) is 0 Å². The van der Waals surface area contributed by atoms with E-state index in [1.165, 1.54) is 29.3 Å².